The monoisotopic (exact) mass is 435 g/mol. The Morgan fingerprint density at radius 1 is 1.27 bits per heavy atom. The smallest absolute Gasteiger partial charge is 0.247 e. The molecular weight excluding hydrogens is 418 g/mol. The highest BCUT2D eigenvalue weighted by Gasteiger charge is 2.39. The van der Waals surface area contributed by atoms with E-state index in [9.17, 15) is 8.42 Å². The van der Waals surface area contributed by atoms with Crippen molar-refractivity contribution in [3.05, 3.63) is 52.8 Å². The Labute approximate surface area is 160 Å². The first-order chi connectivity index (χ1) is 12.5. The summed E-state index contributed by atoms with van der Waals surface area (Å²) in [7, 11) is -2.25. The van der Waals surface area contributed by atoms with E-state index < -0.39 is 10.0 Å². The zero-order chi connectivity index (χ0) is 18.3. The largest absolute Gasteiger partial charge is 0.495 e. The summed E-state index contributed by atoms with van der Waals surface area (Å²) in [6, 6.07) is 12.4. The van der Waals surface area contributed by atoms with E-state index in [4.69, 9.17) is 4.74 Å². The lowest BCUT2D eigenvalue weighted by Gasteiger charge is -2.23. The number of hydrogen-bond acceptors (Lipinski definition) is 4. The van der Waals surface area contributed by atoms with Gasteiger partial charge in [0.1, 0.15) is 16.5 Å². The van der Waals surface area contributed by atoms with Gasteiger partial charge >= 0.3 is 0 Å². The zero-order valence-electron chi connectivity index (χ0n) is 14.1. The molecule has 4 rings (SSSR count). The van der Waals surface area contributed by atoms with Gasteiger partial charge in [0, 0.05) is 11.0 Å². The van der Waals surface area contributed by atoms with Gasteiger partial charge in [-0.2, -0.15) is 4.31 Å². The highest BCUT2D eigenvalue weighted by atomic mass is 79.9. The van der Waals surface area contributed by atoms with Crippen LogP contribution in [0.3, 0.4) is 0 Å². The Morgan fingerprint density at radius 3 is 2.85 bits per heavy atom. The van der Waals surface area contributed by atoms with Crippen LogP contribution in [0.25, 0.3) is 11.0 Å². The van der Waals surface area contributed by atoms with Gasteiger partial charge in [0.25, 0.3) is 0 Å². The average molecular weight is 436 g/mol. The molecule has 6 nitrogen and oxygen atoms in total. The van der Waals surface area contributed by atoms with Crippen molar-refractivity contribution in [2.45, 2.75) is 23.8 Å². The molecule has 3 aromatic rings. The van der Waals surface area contributed by atoms with Crippen LogP contribution in [0.2, 0.25) is 0 Å². The Morgan fingerprint density at radius 2 is 2.08 bits per heavy atom. The van der Waals surface area contributed by atoms with E-state index in [-0.39, 0.29) is 10.9 Å². The maximum atomic E-state index is 13.3. The molecule has 26 heavy (non-hydrogen) atoms. The number of sulfonamides is 1. The number of nitrogens with one attached hydrogen (secondary N) is 1. The van der Waals surface area contributed by atoms with Crippen LogP contribution in [0.5, 0.6) is 5.75 Å². The maximum absolute atomic E-state index is 13.3. The number of para-hydroxylation sites is 2. The van der Waals surface area contributed by atoms with E-state index in [0.29, 0.717) is 22.6 Å². The van der Waals surface area contributed by atoms with Gasteiger partial charge in [-0.25, -0.2) is 13.4 Å². The molecule has 8 heteroatoms. The molecule has 0 aliphatic carbocycles. The number of rotatable bonds is 4. The van der Waals surface area contributed by atoms with Gasteiger partial charge in [0.05, 0.1) is 24.2 Å². The topological polar surface area (TPSA) is 75.3 Å². The lowest BCUT2D eigenvalue weighted by atomic mass is 10.2. The molecule has 1 fully saturated rings. The minimum Gasteiger partial charge on any atom is -0.495 e. The summed E-state index contributed by atoms with van der Waals surface area (Å²) < 4.78 is 34.2. The molecule has 1 aliphatic heterocycles. The lowest BCUT2D eigenvalue weighted by Crippen LogP contribution is -2.31. The SMILES string of the molecule is COc1ccc(Br)cc1S(=O)(=O)N1CCCC1c1nc2ccccc2[nH]1. The van der Waals surface area contributed by atoms with E-state index in [1.54, 1.807) is 18.2 Å². The number of benzene rings is 2. The summed E-state index contributed by atoms with van der Waals surface area (Å²) in [6.07, 6.45) is 1.52. The number of halogens is 1. The minimum absolute atomic E-state index is 0.164. The summed E-state index contributed by atoms with van der Waals surface area (Å²) in [6.45, 7) is 0.458. The molecule has 1 aliphatic rings. The van der Waals surface area contributed by atoms with Gasteiger partial charge in [-0.15, -0.1) is 0 Å². The number of H-pyrrole nitrogens is 1. The van der Waals surface area contributed by atoms with Gasteiger partial charge in [-0.1, -0.05) is 28.1 Å². The number of methoxy groups -OCH3 is 1. The maximum Gasteiger partial charge on any atom is 0.247 e. The van der Waals surface area contributed by atoms with Crippen LogP contribution in [0.15, 0.2) is 51.8 Å². The van der Waals surface area contributed by atoms with E-state index in [1.807, 2.05) is 24.3 Å². The van der Waals surface area contributed by atoms with Crippen LogP contribution in [-0.4, -0.2) is 36.3 Å². The predicted octanol–water partition coefficient (Wildman–Crippen LogP) is 3.86. The summed E-state index contributed by atoms with van der Waals surface area (Å²) in [5, 5.41) is 0. The van der Waals surface area contributed by atoms with Crippen molar-refractivity contribution in [1.29, 1.82) is 0 Å². The molecule has 1 aromatic heterocycles. The molecule has 0 saturated carbocycles. The molecule has 1 unspecified atom stereocenters. The number of aromatic amines is 1. The lowest BCUT2D eigenvalue weighted by molar-refractivity contribution is 0.374. The molecule has 136 valence electrons. The van der Waals surface area contributed by atoms with Crippen molar-refractivity contribution < 1.29 is 13.2 Å². The normalized spacial score (nSPS) is 18.5. The number of imidazole rings is 1. The Hall–Kier alpha value is -1.90. The third-order valence-electron chi connectivity index (χ3n) is 4.64. The first-order valence-electron chi connectivity index (χ1n) is 8.31. The second-order valence-electron chi connectivity index (χ2n) is 6.21. The molecule has 0 amide bonds. The fourth-order valence-electron chi connectivity index (χ4n) is 3.41. The van der Waals surface area contributed by atoms with Gasteiger partial charge in [0.2, 0.25) is 10.0 Å². The second-order valence-corrected chi connectivity index (χ2v) is 8.98. The van der Waals surface area contributed by atoms with Gasteiger partial charge in [0.15, 0.2) is 0 Å². The quantitative estimate of drug-likeness (QED) is 0.674. The number of nitrogens with zero attached hydrogens (tertiary/aromatic N) is 2. The van der Waals surface area contributed by atoms with Crippen LogP contribution in [0, 0.1) is 0 Å². The molecule has 1 N–H and O–H groups in total. The third-order valence-corrected chi connectivity index (χ3v) is 7.06. The molecule has 2 aromatic carbocycles. The van der Waals surface area contributed by atoms with Crippen molar-refractivity contribution in [3.63, 3.8) is 0 Å². The first kappa shape index (κ1) is 17.5. The van der Waals surface area contributed by atoms with Crippen molar-refractivity contribution in [1.82, 2.24) is 14.3 Å². The fourth-order valence-corrected chi connectivity index (χ4v) is 5.77. The van der Waals surface area contributed by atoms with Gasteiger partial charge in [-0.05, 0) is 43.2 Å². The number of hydrogen-bond donors (Lipinski definition) is 1. The van der Waals surface area contributed by atoms with Crippen LogP contribution in [0.4, 0.5) is 0 Å². The number of aromatic nitrogens is 2. The highest BCUT2D eigenvalue weighted by molar-refractivity contribution is 9.10. The van der Waals surface area contributed by atoms with E-state index in [2.05, 4.69) is 25.9 Å². The predicted molar refractivity (Wildman–Crippen MR) is 103 cm³/mol. The van der Waals surface area contributed by atoms with Crippen LogP contribution < -0.4 is 4.74 Å². The van der Waals surface area contributed by atoms with Crippen molar-refractivity contribution in [2.24, 2.45) is 0 Å². The fraction of sp³-hybridized carbons (Fsp3) is 0.278. The summed E-state index contributed by atoms with van der Waals surface area (Å²) in [5.41, 5.74) is 1.75. The molecular formula is C18H18BrN3O3S. The van der Waals surface area contributed by atoms with E-state index in [0.717, 1.165) is 23.9 Å². The zero-order valence-corrected chi connectivity index (χ0v) is 16.5. The molecule has 0 spiro atoms. The van der Waals surface area contributed by atoms with Crippen molar-refractivity contribution in [3.8, 4) is 5.75 Å². The number of fused-ring (bicyclic) bond motifs is 1. The molecule has 2 heterocycles. The second kappa shape index (κ2) is 6.68. The molecule has 0 radical (unpaired) electrons. The van der Waals surface area contributed by atoms with E-state index in [1.165, 1.54) is 11.4 Å². The molecule has 1 saturated heterocycles. The Bertz CT molecular complexity index is 1030. The first-order valence-corrected chi connectivity index (χ1v) is 10.5. The average Bonchev–Trinajstić information content (AvgIpc) is 3.28. The van der Waals surface area contributed by atoms with Crippen LogP contribution in [0.1, 0.15) is 24.7 Å². The minimum atomic E-state index is -3.72. The summed E-state index contributed by atoms with van der Waals surface area (Å²) in [5.74, 6) is 1.02. The van der Waals surface area contributed by atoms with Crippen molar-refractivity contribution in [2.75, 3.05) is 13.7 Å². The Kier molecular flexibility index (Phi) is 4.50. The van der Waals surface area contributed by atoms with Crippen LogP contribution in [-0.2, 0) is 10.0 Å². The van der Waals surface area contributed by atoms with E-state index >= 15 is 0 Å². The Balaban J connectivity index is 1.77. The van der Waals surface area contributed by atoms with Gasteiger partial charge in [-0.3, -0.25) is 0 Å². The van der Waals surface area contributed by atoms with Crippen molar-refractivity contribution >= 4 is 37.0 Å². The third kappa shape index (κ3) is 2.91. The number of ether oxygens (including phenoxy) is 1. The highest BCUT2D eigenvalue weighted by Crippen LogP contribution is 2.39. The van der Waals surface area contributed by atoms with Crippen LogP contribution >= 0.6 is 15.9 Å². The standard InChI is InChI=1S/C18H18BrN3O3S/c1-25-16-9-8-12(19)11-17(16)26(23,24)22-10-4-7-15(22)18-20-13-5-2-3-6-14(13)21-18/h2-3,5-6,8-9,11,15H,4,7,10H2,1H3,(H,20,21). The summed E-state index contributed by atoms with van der Waals surface area (Å²) >= 11 is 3.35. The summed E-state index contributed by atoms with van der Waals surface area (Å²) in [4.78, 5) is 8.05. The van der Waals surface area contributed by atoms with Gasteiger partial charge < -0.3 is 9.72 Å². The molecule has 0 bridgehead atoms. The molecule has 1 atom stereocenters.